The fraction of sp³-hybridized carbons (Fsp3) is 0.304. The molecule has 3 rings (SSSR count). The quantitative estimate of drug-likeness (QED) is 0.559. The van der Waals surface area contributed by atoms with Gasteiger partial charge in [0.05, 0.1) is 46.5 Å². The molecule has 0 aliphatic heterocycles. The van der Waals surface area contributed by atoms with Crippen LogP contribution in [0.1, 0.15) is 11.1 Å². The molecule has 3 aromatic rings. The first-order valence-corrected chi connectivity index (χ1v) is 9.98. The Morgan fingerprint density at radius 2 is 1.93 bits per heavy atom. The van der Waals surface area contributed by atoms with Gasteiger partial charge in [-0.3, -0.25) is 4.79 Å². The largest absolute Gasteiger partial charge is 0.495 e. The van der Waals surface area contributed by atoms with Gasteiger partial charge in [-0.1, -0.05) is 23.8 Å². The zero-order valence-corrected chi connectivity index (χ0v) is 17.9. The lowest BCUT2D eigenvalue weighted by molar-refractivity contribution is -0.857. The zero-order valence-electron chi connectivity index (χ0n) is 17.9. The second-order valence-electron chi connectivity index (χ2n) is 7.72. The number of benzene rings is 2. The predicted molar refractivity (Wildman–Crippen MR) is 119 cm³/mol. The Hall–Kier alpha value is -3.32. The monoisotopic (exact) mass is 409 g/mol. The van der Waals surface area contributed by atoms with Crippen LogP contribution in [-0.4, -0.2) is 50.2 Å². The van der Waals surface area contributed by atoms with Gasteiger partial charge < -0.3 is 24.8 Å². The summed E-state index contributed by atoms with van der Waals surface area (Å²) in [5.41, 5.74) is 2.87. The number of hydrogen-bond acceptors (Lipinski definition) is 3. The van der Waals surface area contributed by atoms with Crippen molar-refractivity contribution in [1.29, 1.82) is 0 Å². The van der Waals surface area contributed by atoms with Crippen LogP contribution >= 0.6 is 0 Å². The number of likely N-dealkylation sites (N-methyl/N-ethyl adjacent to an activating group) is 1. The number of fused-ring (bicyclic) bond motifs is 1. The van der Waals surface area contributed by atoms with Crippen molar-refractivity contribution in [2.75, 3.05) is 39.6 Å². The number of carbonyl (C=O) groups is 1. The van der Waals surface area contributed by atoms with Crippen molar-refractivity contribution in [2.45, 2.75) is 13.5 Å². The van der Waals surface area contributed by atoms with E-state index < -0.39 is 0 Å². The van der Waals surface area contributed by atoms with Gasteiger partial charge in [-0.25, -0.2) is 4.79 Å². The summed E-state index contributed by atoms with van der Waals surface area (Å²) in [5.74, 6) is 0.586. The number of quaternary nitrogens is 1. The van der Waals surface area contributed by atoms with Crippen molar-refractivity contribution < 1.29 is 14.4 Å². The van der Waals surface area contributed by atoms with E-state index in [9.17, 15) is 9.59 Å². The fourth-order valence-corrected chi connectivity index (χ4v) is 3.25. The lowest BCUT2D eigenvalue weighted by Crippen LogP contribution is -3.06. The predicted octanol–water partition coefficient (Wildman–Crippen LogP) is 2.02. The number of methoxy groups -OCH3 is 1. The Kier molecular flexibility index (Phi) is 6.74. The van der Waals surface area contributed by atoms with E-state index >= 15 is 0 Å². The Morgan fingerprint density at radius 3 is 2.67 bits per heavy atom. The highest BCUT2D eigenvalue weighted by atomic mass is 16.5. The SMILES string of the molecule is COc1ccccc1NC(=O)N(CC[NH+](C)C)Cc1cc2cc(C)ccc2[nH]c1=O. The fourth-order valence-electron chi connectivity index (χ4n) is 3.25. The van der Waals surface area contributed by atoms with E-state index in [-0.39, 0.29) is 18.1 Å². The molecule has 7 nitrogen and oxygen atoms in total. The summed E-state index contributed by atoms with van der Waals surface area (Å²) < 4.78 is 5.33. The van der Waals surface area contributed by atoms with Gasteiger partial charge in [0.1, 0.15) is 5.75 Å². The highest BCUT2D eigenvalue weighted by Crippen LogP contribution is 2.23. The molecule has 1 aromatic heterocycles. The van der Waals surface area contributed by atoms with Gasteiger partial charge in [-0.05, 0) is 42.6 Å². The van der Waals surface area contributed by atoms with Crippen LogP contribution in [0.2, 0.25) is 0 Å². The molecule has 0 unspecified atom stereocenters. The number of aromatic amines is 1. The summed E-state index contributed by atoms with van der Waals surface area (Å²) in [5, 5.41) is 3.86. The third-order valence-electron chi connectivity index (χ3n) is 4.96. The maximum absolute atomic E-state index is 13.1. The van der Waals surface area contributed by atoms with Crippen molar-refractivity contribution in [1.82, 2.24) is 9.88 Å². The standard InChI is InChI=1S/C23H28N4O3/c1-16-9-10-19-17(13-16)14-18(22(28)24-19)15-27(12-11-26(2)3)23(29)25-20-7-5-6-8-21(20)30-4/h5-10,13-14H,11-12,15H2,1-4H3,(H,24,28)(H,25,29)/p+1. The molecule has 0 aliphatic rings. The lowest BCUT2D eigenvalue weighted by atomic mass is 10.1. The molecule has 0 radical (unpaired) electrons. The molecule has 3 N–H and O–H groups in total. The van der Waals surface area contributed by atoms with Crippen LogP contribution in [0.15, 0.2) is 53.3 Å². The average Bonchev–Trinajstić information content (AvgIpc) is 2.71. The topological polar surface area (TPSA) is 78.9 Å². The minimum Gasteiger partial charge on any atom is -0.495 e. The molecule has 0 atom stereocenters. The highest BCUT2D eigenvalue weighted by molar-refractivity contribution is 5.91. The molecule has 0 saturated carbocycles. The van der Waals surface area contributed by atoms with Crippen LogP contribution in [0, 0.1) is 6.92 Å². The first-order chi connectivity index (χ1) is 14.4. The van der Waals surface area contributed by atoms with Crippen LogP contribution in [0.4, 0.5) is 10.5 Å². The third kappa shape index (κ3) is 5.18. The summed E-state index contributed by atoms with van der Waals surface area (Å²) in [6.07, 6.45) is 0. The van der Waals surface area contributed by atoms with Crippen LogP contribution in [0.3, 0.4) is 0 Å². The molecule has 0 fully saturated rings. The van der Waals surface area contributed by atoms with Crippen LogP contribution in [0.5, 0.6) is 5.75 Å². The van der Waals surface area contributed by atoms with E-state index in [1.807, 2.05) is 57.4 Å². The summed E-state index contributed by atoms with van der Waals surface area (Å²) in [6, 6.07) is 14.7. The Balaban J connectivity index is 1.88. The van der Waals surface area contributed by atoms with Crippen molar-refractivity contribution in [2.24, 2.45) is 0 Å². The Morgan fingerprint density at radius 1 is 1.17 bits per heavy atom. The van der Waals surface area contributed by atoms with E-state index in [1.165, 1.54) is 4.90 Å². The van der Waals surface area contributed by atoms with Crippen LogP contribution in [-0.2, 0) is 6.54 Å². The lowest BCUT2D eigenvalue weighted by Gasteiger charge is -2.24. The van der Waals surface area contributed by atoms with Crippen molar-refractivity contribution >= 4 is 22.6 Å². The molecular formula is C23H29N4O3+. The molecular weight excluding hydrogens is 380 g/mol. The van der Waals surface area contributed by atoms with Gasteiger partial charge in [-0.2, -0.15) is 0 Å². The number of rotatable bonds is 7. The van der Waals surface area contributed by atoms with Crippen molar-refractivity contribution in [3.8, 4) is 5.75 Å². The Labute approximate surface area is 176 Å². The minimum absolute atomic E-state index is 0.182. The normalized spacial score (nSPS) is 11.0. The number of nitrogens with one attached hydrogen (secondary N) is 3. The van der Waals surface area contributed by atoms with Gasteiger partial charge >= 0.3 is 6.03 Å². The summed E-state index contributed by atoms with van der Waals surface area (Å²) in [6.45, 7) is 3.49. The molecule has 0 saturated heterocycles. The molecule has 158 valence electrons. The number of aryl methyl sites for hydroxylation is 1. The van der Waals surface area contributed by atoms with Crippen molar-refractivity contribution in [3.63, 3.8) is 0 Å². The molecule has 2 aromatic carbocycles. The highest BCUT2D eigenvalue weighted by Gasteiger charge is 2.18. The summed E-state index contributed by atoms with van der Waals surface area (Å²) in [7, 11) is 5.62. The van der Waals surface area contributed by atoms with Crippen LogP contribution < -0.4 is 20.5 Å². The first-order valence-electron chi connectivity index (χ1n) is 9.98. The number of aromatic nitrogens is 1. The van der Waals surface area contributed by atoms with E-state index in [0.717, 1.165) is 23.0 Å². The number of anilines is 1. The van der Waals surface area contributed by atoms with Gasteiger partial charge in [0, 0.05) is 11.1 Å². The number of ether oxygens (including phenoxy) is 1. The van der Waals surface area contributed by atoms with Gasteiger partial charge in [-0.15, -0.1) is 0 Å². The van der Waals surface area contributed by atoms with E-state index in [1.54, 1.807) is 24.1 Å². The second-order valence-corrected chi connectivity index (χ2v) is 7.72. The number of H-pyrrole nitrogens is 1. The number of carbonyl (C=O) groups excluding carboxylic acids is 1. The van der Waals surface area contributed by atoms with Crippen molar-refractivity contribution in [3.05, 3.63) is 70.0 Å². The molecule has 7 heteroatoms. The van der Waals surface area contributed by atoms with Crippen LogP contribution in [0.25, 0.3) is 10.9 Å². The number of hydrogen-bond donors (Lipinski definition) is 3. The smallest absolute Gasteiger partial charge is 0.322 e. The summed E-state index contributed by atoms with van der Waals surface area (Å²) >= 11 is 0. The van der Waals surface area contributed by atoms with Gasteiger partial charge in [0.2, 0.25) is 0 Å². The zero-order chi connectivity index (χ0) is 21.7. The maximum atomic E-state index is 13.1. The van der Waals surface area contributed by atoms with E-state index in [0.29, 0.717) is 23.5 Å². The summed E-state index contributed by atoms with van der Waals surface area (Å²) in [4.78, 5) is 31.5. The van der Waals surface area contributed by atoms with Gasteiger partial charge in [0.15, 0.2) is 0 Å². The number of urea groups is 1. The van der Waals surface area contributed by atoms with Gasteiger partial charge in [0.25, 0.3) is 5.56 Å². The first kappa shape index (κ1) is 21.4. The molecule has 2 amide bonds. The molecule has 0 spiro atoms. The third-order valence-corrected chi connectivity index (χ3v) is 4.96. The minimum atomic E-state index is -0.274. The number of para-hydroxylation sites is 2. The molecule has 1 heterocycles. The molecule has 30 heavy (non-hydrogen) atoms. The number of nitrogens with zero attached hydrogens (tertiary/aromatic N) is 1. The number of pyridine rings is 1. The average molecular weight is 410 g/mol. The molecule has 0 bridgehead atoms. The van der Waals surface area contributed by atoms with E-state index in [2.05, 4.69) is 10.3 Å². The maximum Gasteiger partial charge on any atom is 0.322 e. The molecule has 0 aliphatic carbocycles. The number of amides is 2. The van der Waals surface area contributed by atoms with E-state index in [4.69, 9.17) is 4.74 Å². The Bertz CT molecular complexity index is 1090. The second kappa shape index (κ2) is 9.45.